The van der Waals surface area contributed by atoms with Crippen molar-refractivity contribution in [3.63, 3.8) is 0 Å². The lowest BCUT2D eigenvalue weighted by molar-refractivity contribution is 0.460. The Morgan fingerprint density at radius 1 is 1.62 bits per heavy atom. The molecular weight excluding hydrogens is 166 g/mol. The zero-order valence-electron chi connectivity index (χ0n) is 7.54. The quantitative estimate of drug-likeness (QED) is 0.624. The molecule has 0 radical (unpaired) electrons. The van der Waals surface area contributed by atoms with E-state index in [0.717, 1.165) is 24.4 Å². The highest BCUT2D eigenvalue weighted by molar-refractivity contribution is 5.86. The first kappa shape index (κ1) is 8.25. The molecule has 0 fully saturated rings. The van der Waals surface area contributed by atoms with E-state index < -0.39 is 5.79 Å². The van der Waals surface area contributed by atoms with Gasteiger partial charge in [0.2, 0.25) is 0 Å². The zero-order valence-corrected chi connectivity index (χ0v) is 7.54. The van der Waals surface area contributed by atoms with Crippen LogP contribution in [0.5, 0.6) is 0 Å². The molecule has 4 N–H and O–H groups in total. The van der Waals surface area contributed by atoms with Gasteiger partial charge in [-0.05, 0) is 0 Å². The molecule has 1 aliphatic rings. The van der Waals surface area contributed by atoms with Gasteiger partial charge in [-0.15, -0.1) is 0 Å². The van der Waals surface area contributed by atoms with Crippen LogP contribution in [0, 0.1) is 0 Å². The molecule has 0 saturated carbocycles. The third kappa shape index (κ3) is 1.42. The van der Waals surface area contributed by atoms with Gasteiger partial charge >= 0.3 is 0 Å². The molecule has 1 aliphatic heterocycles. The molecule has 13 heavy (non-hydrogen) atoms. The summed E-state index contributed by atoms with van der Waals surface area (Å²) in [6.45, 7) is 2.08. The van der Waals surface area contributed by atoms with E-state index in [4.69, 9.17) is 5.73 Å². The van der Waals surface area contributed by atoms with Crippen molar-refractivity contribution in [3.8, 4) is 0 Å². The molecule has 1 aromatic heterocycles. The Morgan fingerprint density at radius 2 is 2.46 bits per heavy atom. The number of hydrogen-bond donors (Lipinski definition) is 3. The molecule has 0 spiro atoms. The number of aromatic nitrogens is 2. The van der Waals surface area contributed by atoms with E-state index >= 15 is 0 Å². The van der Waals surface area contributed by atoms with Crippen molar-refractivity contribution >= 4 is 12.0 Å². The van der Waals surface area contributed by atoms with Crippen LogP contribution in [0.4, 0.5) is 5.82 Å². The summed E-state index contributed by atoms with van der Waals surface area (Å²) < 4.78 is 0. The third-order valence-corrected chi connectivity index (χ3v) is 2.06. The Kier molecular flexibility index (Phi) is 1.81. The van der Waals surface area contributed by atoms with Crippen LogP contribution < -0.4 is 11.1 Å². The van der Waals surface area contributed by atoms with Crippen molar-refractivity contribution < 1.29 is 0 Å². The minimum absolute atomic E-state index is 0.670. The van der Waals surface area contributed by atoms with E-state index in [1.165, 1.54) is 0 Å². The second-order valence-electron chi connectivity index (χ2n) is 3.22. The van der Waals surface area contributed by atoms with Gasteiger partial charge in [0.05, 0.1) is 12.5 Å². The lowest BCUT2D eigenvalue weighted by Crippen LogP contribution is -2.47. The average molecular weight is 179 g/mol. The summed E-state index contributed by atoms with van der Waals surface area (Å²) in [5.74, 6) is 0.114. The highest BCUT2D eigenvalue weighted by Gasteiger charge is 2.26. The fourth-order valence-corrected chi connectivity index (χ4v) is 1.43. The lowest BCUT2D eigenvalue weighted by Gasteiger charge is -2.28. The molecule has 1 aromatic rings. The molecule has 0 aliphatic carbocycles. The van der Waals surface area contributed by atoms with Crippen molar-refractivity contribution in [2.75, 3.05) is 5.32 Å². The fourth-order valence-electron chi connectivity index (χ4n) is 1.43. The summed E-state index contributed by atoms with van der Waals surface area (Å²) in [5, 5.41) is 3.09. The van der Waals surface area contributed by atoms with E-state index in [1.54, 1.807) is 12.5 Å². The predicted octanol–water partition coefficient (Wildman–Crippen LogP) is 0.667. The number of H-pyrrole nitrogens is 1. The normalized spacial score (nSPS) is 25.4. The number of aliphatic imine (C=N–C) groups is 1. The lowest BCUT2D eigenvalue weighted by atomic mass is 10.2. The highest BCUT2D eigenvalue weighted by atomic mass is 15.3. The van der Waals surface area contributed by atoms with E-state index in [9.17, 15) is 0 Å². The first-order chi connectivity index (χ1) is 6.23. The molecular formula is C8H13N5. The van der Waals surface area contributed by atoms with Gasteiger partial charge in [-0.1, -0.05) is 13.3 Å². The molecule has 1 unspecified atom stereocenters. The van der Waals surface area contributed by atoms with Gasteiger partial charge < -0.3 is 10.3 Å². The van der Waals surface area contributed by atoms with Crippen molar-refractivity contribution in [3.05, 3.63) is 12.0 Å². The molecule has 0 aromatic carbocycles. The number of nitrogens with zero attached hydrogens (tertiary/aromatic N) is 2. The summed E-state index contributed by atoms with van der Waals surface area (Å²) in [4.78, 5) is 11.3. The molecule has 0 bridgehead atoms. The second kappa shape index (κ2) is 2.85. The van der Waals surface area contributed by atoms with Gasteiger partial charge in [-0.2, -0.15) is 0 Å². The highest BCUT2D eigenvalue weighted by Crippen LogP contribution is 2.21. The van der Waals surface area contributed by atoms with E-state index in [2.05, 4.69) is 27.2 Å². The fraction of sp³-hybridized carbons (Fsp3) is 0.500. The smallest absolute Gasteiger partial charge is 0.183 e. The molecule has 5 heteroatoms. The number of aromatic amines is 1. The maximum Gasteiger partial charge on any atom is 0.183 e. The standard InChI is InChI=1S/C8H13N5/c1-2-3-8(9)12-4-6-7(13-8)11-5-10-6/h4-5,13H,2-3,9H2,1H3,(H,10,11). The number of nitrogens with two attached hydrogens (primary N) is 1. The van der Waals surface area contributed by atoms with Gasteiger partial charge in [-0.3, -0.25) is 5.73 Å². The van der Waals surface area contributed by atoms with Crippen molar-refractivity contribution in [2.24, 2.45) is 10.7 Å². The second-order valence-corrected chi connectivity index (χ2v) is 3.22. The number of imidazole rings is 1. The first-order valence-electron chi connectivity index (χ1n) is 4.39. The zero-order chi connectivity index (χ0) is 9.31. The monoisotopic (exact) mass is 179 g/mol. The molecule has 0 amide bonds. The SMILES string of the molecule is CCCC1(N)N=Cc2[nH]cnc2N1. The Balaban J connectivity index is 2.24. The molecule has 0 saturated heterocycles. The number of rotatable bonds is 2. The van der Waals surface area contributed by atoms with E-state index in [-0.39, 0.29) is 0 Å². The van der Waals surface area contributed by atoms with Crippen LogP contribution >= 0.6 is 0 Å². The van der Waals surface area contributed by atoms with Gasteiger partial charge in [0.25, 0.3) is 0 Å². The maximum absolute atomic E-state index is 5.98. The van der Waals surface area contributed by atoms with Crippen LogP contribution in [-0.2, 0) is 0 Å². The Morgan fingerprint density at radius 3 is 3.23 bits per heavy atom. The van der Waals surface area contributed by atoms with Gasteiger partial charge in [0.1, 0.15) is 5.69 Å². The van der Waals surface area contributed by atoms with Crippen LogP contribution in [0.3, 0.4) is 0 Å². The summed E-state index contributed by atoms with van der Waals surface area (Å²) in [5.41, 5.74) is 6.87. The van der Waals surface area contributed by atoms with Crippen LogP contribution in [0.15, 0.2) is 11.3 Å². The van der Waals surface area contributed by atoms with E-state index in [1.807, 2.05) is 0 Å². The first-order valence-corrected chi connectivity index (χ1v) is 4.39. The minimum Gasteiger partial charge on any atom is -0.342 e. The largest absolute Gasteiger partial charge is 0.342 e. The minimum atomic E-state index is -0.670. The van der Waals surface area contributed by atoms with Gasteiger partial charge in [-0.25, -0.2) is 9.98 Å². The predicted molar refractivity (Wildman–Crippen MR) is 51.6 cm³/mol. The number of anilines is 1. The maximum atomic E-state index is 5.98. The number of hydrogen-bond acceptors (Lipinski definition) is 4. The van der Waals surface area contributed by atoms with Gasteiger partial charge in [0, 0.05) is 6.42 Å². The topological polar surface area (TPSA) is 79.1 Å². The Labute approximate surface area is 76.5 Å². The summed E-state index contributed by atoms with van der Waals surface area (Å²) >= 11 is 0. The third-order valence-electron chi connectivity index (χ3n) is 2.06. The Hall–Kier alpha value is -1.36. The summed E-state index contributed by atoms with van der Waals surface area (Å²) in [6.07, 6.45) is 5.15. The molecule has 2 rings (SSSR count). The number of fused-ring (bicyclic) bond motifs is 1. The van der Waals surface area contributed by atoms with Gasteiger partial charge in [0.15, 0.2) is 11.6 Å². The van der Waals surface area contributed by atoms with Crippen molar-refractivity contribution in [1.82, 2.24) is 9.97 Å². The average Bonchev–Trinajstić information content (AvgIpc) is 2.50. The molecule has 70 valence electrons. The van der Waals surface area contributed by atoms with Crippen LogP contribution in [0.2, 0.25) is 0 Å². The van der Waals surface area contributed by atoms with Crippen molar-refractivity contribution in [2.45, 2.75) is 25.6 Å². The van der Waals surface area contributed by atoms with E-state index in [0.29, 0.717) is 0 Å². The van der Waals surface area contributed by atoms with Crippen LogP contribution in [0.25, 0.3) is 0 Å². The number of nitrogens with one attached hydrogen (secondary N) is 2. The molecule has 5 nitrogen and oxygen atoms in total. The van der Waals surface area contributed by atoms with Crippen molar-refractivity contribution in [1.29, 1.82) is 0 Å². The van der Waals surface area contributed by atoms with Crippen LogP contribution in [0.1, 0.15) is 25.5 Å². The molecule has 1 atom stereocenters. The Bertz CT molecular complexity index is 329. The summed E-state index contributed by atoms with van der Waals surface area (Å²) in [6, 6.07) is 0. The van der Waals surface area contributed by atoms with Crippen LogP contribution in [-0.4, -0.2) is 22.0 Å². The molecule has 2 heterocycles. The summed E-state index contributed by atoms with van der Waals surface area (Å²) in [7, 11) is 0.